The first-order chi connectivity index (χ1) is 14.4. The van der Waals surface area contributed by atoms with Gasteiger partial charge in [-0.3, -0.25) is 13.9 Å². The summed E-state index contributed by atoms with van der Waals surface area (Å²) in [5.74, 6) is -1.37. The number of likely N-dealkylation sites (N-methyl/N-ethyl adjacent to an activating group) is 1. The van der Waals surface area contributed by atoms with E-state index in [-0.39, 0.29) is 6.54 Å². The van der Waals surface area contributed by atoms with Crippen LogP contribution in [-0.4, -0.2) is 51.0 Å². The second-order valence-electron chi connectivity index (χ2n) is 7.48. The van der Waals surface area contributed by atoms with Crippen LogP contribution in [0.4, 0.5) is 10.1 Å². The van der Waals surface area contributed by atoms with Crippen molar-refractivity contribution in [1.29, 1.82) is 0 Å². The molecule has 2 rings (SSSR count). The summed E-state index contributed by atoms with van der Waals surface area (Å²) in [5.41, 5.74) is 2.87. The summed E-state index contributed by atoms with van der Waals surface area (Å²) >= 11 is 0. The molecular weight excluding hydrogens is 421 g/mol. The van der Waals surface area contributed by atoms with E-state index in [4.69, 9.17) is 0 Å². The molecule has 0 radical (unpaired) electrons. The van der Waals surface area contributed by atoms with Crippen LogP contribution in [0.2, 0.25) is 0 Å². The molecule has 2 aromatic rings. The monoisotopic (exact) mass is 449 g/mol. The van der Waals surface area contributed by atoms with Crippen molar-refractivity contribution in [1.82, 2.24) is 10.2 Å². The second-order valence-corrected chi connectivity index (χ2v) is 9.38. The van der Waals surface area contributed by atoms with E-state index in [0.29, 0.717) is 11.3 Å². The summed E-state index contributed by atoms with van der Waals surface area (Å²) in [6.45, 7) is 4.88. The number of amides is 2. The Morgan fingerprint density at radius 3 is 2.19 bits per heavy atom. The quantitative estimate of drug-likeness (QED) is 0.670. The van der Waals surface area contributed by atoms with Crippen LogP contribution in [0.15, 0.2) is 42.5 Å². The van der Waals surface area contributed by atoms with Crippen LogP contribution < -0.4 is 9.62 Å². The highest BCUT2D eigenvalue weighted by Gasteiger charge is 2.29. The minimum absolute atomic E-state index is 0.0260. The van der Waals surface area contributed by atoms with Crippen molar-refractivity contribution in [2.24, 2.45) is 0 Å². The predicted octanol–water partition coefficient (Wildman–Crippen LogP) is 2.37. The summed E-state index contributed by atoms with van der Waals surface area (Å²) in [6.07, 6.45) is 1.03. The Bertz CT molecular complexity index is 1050. The first-order valence-electron chi connectivity index (χ1n) is 9.74. The fraction of sp³-hybridized carbons (Fsp3) is 0.364. The number of nitrogens with zero attached hydrogens (tertiary/aromatic N) is 2. The standard InChI is InChI=1S/C22H28FN3O4S/c1-15-6-11-20(12-16(15)2)26(31(5,29)30)14-21(27)25(17(3)22(28)24-4)13-18-7-9-19(23)10-8-18/h6-12,17H,13-14H2,1-5H3,(H,24,28)/t17-/m1/s1. The van der Waals surface area contributed by atoms with Crippen molar-refractivity contribution in [2.45, 2.75) is 33.4 Å². The number of rotatable bonds is 8. The largest absolute Gasteiger partial charge is 0.357 e. The van der Waals surface area contributed by atoms with E-state index in [1.54, 1.807) is 25.1 Å². The molecule has 0 aliphatic carbocycles. The normalized spacial score (nSPS) is 12.2. The number of nitrogens with one attached hydrogen (secondary N) is 1. The Morgan fingerprint density at radius 1 is 1.06 bits per heavy atom. The molecule has 0 saturated carbocycles. The third kappa shape index (κ3) is 6.27. The van der Waals surface area contributed by atoms with Crippen molar-refractivity contribution >= 4 is 27.5 Å². The van der Waals surface area contributed by atoms with E-state index in [1.807, 2.05) is 13.8 Å². The zero-order chi connectivity index (χ0) is 23.3. The van der Waals surface area contributed by atoms with Gasteiger partial charge in [-0.05, 0) is 61.7 Å². The van der Waals surface area contributed by atoms with Crippen molar-refractivity contribution in [3.63, 3.8) is 0 Å². The molecule has 7 nitrogen and oxygen atoms in total. The summed E-state index contributed by atoms with van der Waals surface area (Å²) in [4.78, 5) is 26.7. The molecule has 0 aliphatic heterocycles. The van der Waals surface area contributed by atoms with Crippen molar-refractivity contribution in [3.8, 4) is 0 Å². The molecule has 2 aromatic carbocycles. The van der Waals surface area contributed by atoms with E-state index in [2.05, 4.69) is 5.32 Å². The van der Waals surface area contributed by atoms with Crippen LogP contribution in [0, 0.1) is 19.7 Å². The lowest BCUT2D eigenvalue weighted by atomic mass is 10.1. The van der Waals surface area contributed by atoms with Crippen LogP contribution in [0.5, 0.6) is 0 Å². The first-order valence-corrected chi connectivity index (χ1v) is 11.6. The number of anilines is 1. The minimum Gasteiger partial charge on any atom is -0.357 e. The van der Waals surface area contributed by atoms with Crippen molar-refractivity contribution in [2.75, 3.05) is 24.2 Å². The summed E-state index contributed by atoms with van der Waals surface area (Å²) < 4.78 is 39.2. The van der Waals surface area contributed by atoms with Gasteiger partial charge >= 0.3 is 0 Å². The number of sulfonamides is 1. The van der Waals surface area contributed by atoms with Gasteiger partial charge in [0.05, 0.1) is 11.9 Å². The highest BCUT2D eigenvalue weighted by molar-refractivity contribution is 7.92. The lowest BCUT2D eigenvalue weighted by molar-refractivity contribution is -0.139. The van der Waals surface area contributed by atoms with Crippen LogP contribution in [0.25, 0.3) is 0 Å². The number of hydrogen-bond donors (Lipinski definition) is 1. The molecule has 168 valence electrons. The fourth-order valence-electron chi connectivity index (χ4n) is 3.07. The van der Waals surface area contributed by atoms with Gasteiger partial charge in [0.25, 0.3) is 0 Å². The molecule has 0 heterocycles. The van der Waals surface area contributed by atoms with Gasteiger partial charge in [0.15, 0.2) is 0 Å². The summed E-state index contributed by atoms with van der Waals surface area (Å²) in [5, 5.41) is 2.50. The summed E-state index contributed by atoms with van der Waals surface area (Å²) in [6, 6.07) is 9.84. The molecule has 0 saturated heterocycles. The van der Waals surface area contributed by atoms with E-state index < -0.39 is 40.2 Å². The Hall–Kier alpha value is -2.94. The molecule has 0 spiro atoms. The third-order valence-electron chi connectivity index (χ3n) is 5.14. The molecular formula is C22H28FN3O4S. The zero-order valence-electron chi connectivity index (χ0n) is 18.3. The van der Waals surface area contributed by atoms with E-state index in [1.165, 1.54) is 36.2 Å². The van der Waals surface area contributed by atoms with Gasteiger partial charge in [-0.25, -0.2) is 12.8 Å². The number of hydrogen-bond acceptors (Lipinski definition) is 4. The molecule has 0 fully saturated rings. The Balaban J connectivity index is 2.39. The van der Waals surface area contributed by atoms with Crippen LogP contribution in [-0.2, 0) is 26.2 Å². The molecule has 0 unspecified atom stereocenters. The van der Waals surface area contributed by atoms with E-state index >= 15 is 0 Å². The topological polar surface area (TPSA) is 86.8 Å². The zero-order valence-corrected chi connectivity index (χ0v) is 19.2. The molecule has 2 amide bonds. The SMILES string of the molecule is CNC(=O)[C@@H](C)N(Cc1ccc(F)cc1)C(=O)CN(c1ccc(C)c(C)c1)S(C)(=O)=O. The molecule has 0 aliphatic rings. The van der Waals surface area contributed by atoms with Gasteiger partial charge in [-0.15, -0.1) is 0 Å². The lowest BCUT2D eigenvalue weighted by Crippen LogP contribution is -2.50. The Kier molecular flexibility index (Phi) is 7.78. The number of carbonyl (C=O) groups is 2. The third-order valence-corrected chi connectivity index (χ3v) is 6.28. The Morgan fingerprint density at radius 2 is 1.68 bits per heavy atom. The summed E-state index contributed by atoms with van der Waals surface area (Å²) in [7, 11) is -2.31. The first kappa shape index (κ1) is 24.3. The van der Waals surface area contributed by atoms with Gasteiger partial charge in [0, 0.05) is 13.6 Å². The van der Waals surface area contributed by atoms with Crippen molar-refractivity contribution < 1.29 is 22.4 Å². The highest BCUT2D eigenvalue weighted by atomic mass is 32.2. The molecule has 0 aromatic heterocycles. The van der Waals surface area contributed by atoms with Gasteiger partial charge in [-0.2, -0.15) is 0 Å². The van der Waals surface area contributed by atoms with E-state index in [9.17, 15) is 22.4 Å². The molecule has 1 N–H and O–H groups in total. The molecule has 31 heavy (non-hydrogen) atoms. The average Bonchev–Trinajstić information content (AvgIpc) is 2.71. The van der Waals surface area contributed by atoms with Crippen LogP contribution >= 0.6 is 0 Å². The van der Waals surface area contributed by atoms with Crippen molar-refractivity contribution in [3.05, 3.63) is 65.0 Å². The average molecular weight is 450 g/mol. The minimum atomic E-state index is -3.77. The fourth-order valence-corrected chi connectivity index (χ4v) is 3.91. The number of benzene rings is 2. The number of carbonyl (C=O) groups excluding carboxylic acids is 2. The molecule has 9 heteroatoms. The van der Waals surface area contributed by atoms with Gasteiger partial charge in [0.2, 0.25) is 21.8 Å². The van der Waals surface area contributed by atoms with Crippen LogP contribution in [0.1, 0.15) is 23.6 Å². The van der Waals surface area contributed by atoms with Gasteiger partial charge in [-0.1, -0.05) is 18.2 Å². The molecule has 0 bridgehead atoms. The maximum Gasteiger partial charge on any atom is 0.244 e. The van der Waals surface area contributed by atoms with Gasteiger partial charge < -0.3 is 10.2 Å². The maximum absolute atomic E-state index is 13.3. The maximum atomic E-state index is 13.3. The number of aryl methyl sites for hydroxylation is 2. The number of halogens is 1. The molecule has 1 atom stereocenters. The lowest BCUT2D eigenvalue weighted by Gasteiger charge is -2.31. The highest BCUT2D eigenvalue weighted by Crippen LogP contribution is 2.22. The van der Waals surface area contributed by atoms with E-state index in [0.717, 1.165) is 21.7 Å². The van der Waals surface area contributed by atoms with Gasteiger partial charge in [0.1, 0.15) is 18.4 Å². The van der Waals surface area contributed by atoms with Crippen LogP contribution in [0.3, 0.4) is 0 Å². The predicted molar refractivity (Wildman–Crippen MR) is 119 cm³/mol. The second kappa shape index (κ2) is 9.91. The smallest absolute Gasteiger partial charge is 0.244 e. The Labute approximate surface area is 182 Å².